The van der Waals surface area contributed by atoms with Crippen molar-refractivity contribution in [1.82, 2.24) is 9.88 Å². The quantitative estimate of drug-likeness (QED) is 0.250. The highest BCUT2D eigenvalue weighted by Gasteiger charge is 2.47. The average Bonchev–Trinajstić information content (AvgIpc) is 3.45. The van der Waals surface area contributed by atoms with Gasteiger partial charge in [-0.1, -0.05) is 78.9 Å². The summed E-state index contributed by atoms with van der Waals surface area (Å²) < 4.78 is 5.78. The van der Waals surface area contributed by atoms with Crippen LogP contribution in [0.15, 0.2) is 97.2 Å². The van der Waals surface area contributed by atoms with E-state index in [1.54, 1.807) is 14.0 Å². The van der Waals surface area contributed by atoms with Crippen molar-refractivity contribution in [3.63, 3.8) is 0 Å². The van der Waals surface area contributed by atoms with E-state index in [1.165, 1.54) is 10.9 Å². The Hall–Kier alpha value is -4.56. The van der Waals surface area contributed by atoms with Gasteiger partial charge in [0.2, 0.25) is 5.91 Å². The molecule has 1 saturated heterocycles. The lowest BCUT2D eigenvalue weighted by atomic mass is 9.68. The van der Waals surface area contributed by atoms with Crippen LogP contribution in [0, 0.1) is 16.7 Å². The Morgan fingerprint density at radius 2 is 1.57 bits per heavy atom. The van der Waals surface area contributed by atoms with Crippen molar-refractivity contribution in [3.05, 3.63) is 114 Å². The van der Waals surface area contributed by atoms with Gasteiger partial charge in [-0.15, -0.1) is 0 Å². The van der Waals surface area contributed by atoms with Gasteiger partial charge < -0.3 is 14.6 Å². The molecule has 0 spiro atoms. The molecule has 2 atom stereocenters. The largest absolute Gasteiger partial charge is 0.496 e. The zero-order chi connectivity index (χ0) is 27.7. The van der Waals surface area contributed by atoms with Gasteiger partial charge in [-0.05, 0) is 59.7 Å². The van der Waals surface area contributed by atoms with E-state index in [1.807, 2.05) is 59.5 Å². The van der Waals surface area contributed by atoms with E-state index in [9.17, 15) is 10.1 Å². The number of likely N-dealkylation sites (tertiary alicyclic amines) is 1. The van der Waals surface area contributed by atoms with Crippen LogP contribution in [-0.4, -0.2) is 36.0 Å². The molecular formula is C35H33N3O2. The number of benzene rings is 4. The molecule has 0 saturated carbocycles. The van der Waals surface area contributed by atoms with Crippen LogP contribution >= 0.6 is 0 Å². The number of hydrogen-bond donors (Lipinski definition) is 1. The summed E-state index contributed by atoms with van der Waals surface area (Å²) in [5, 5.41) is 14.2. The fraction of sp³-hybridized carbons (Fsp3) is 0.257. The first kappa shape index (κ1) is 25.7. The van der Waals surface area contributed by atoms with Gasteiger partial charge in [-0.3, -0.25) is 4.79 Å². The molecule has 5 heteroatoms. The van der Waals surface area contributed by atoms with E-state index in [0.29, 0.717) is 24.8 Å². The van der Waals surface area contributed by atoms with Crippen molar-refractivity contribution < 1.29 is 9.53 Å². The molecule has 0 aliphatic carbocycles. The summed E-state index contributed by atoms with van der Waals surface area (Å²) in [4.78, 5) is 19.7. The van der Waals surface area contributed by atoms with Crippen molar-refractivity contribution in [3.8, 4) is 11.8 Å². The summed E-state index contributed by atoms with van der Waals surface area (Å²) in [6.45, 7) is 3.04. The zero-order valence-electron chi connectivity index (χ0n) is 22.9. The number of ether oxygens (including phenoxy) is 1. The number of carbonyl (C=O) groups excluding carboxylic acids is 1. The van der Waals surface area contributed by atoms with Crippen LogP contribution in [0.2, 0.25) is 0 Å². The molecular weight excluding hydrogens is 494 g/mol. The van der Waals surface area contributed by atoms with Gasteiger partial charge in [0.1, 0.15) is 11.2 Å². The summed E-state index contributed by atoms with van der Waals surface area (Å²) in [5.41, 5.74) is 2.91. The number of H-pyrrole nitrogens is 1. The molecule has 1 aromatic heterocycles. The second kappa shape index (κ2) is 10.5. The number of carbonyl (C=O) groups is 1. The van der Waals surface area contributed by atoms with Gasteiger partial charge in [0.25, 0.3) is 0 Å². The minimum Gasteiger partial charge on any atom is -0.496 e. The Bertz CT molecular complexity index is 1720. The summed E-state index contributed by atoms with van der Waals surface area (Å²) in [7, 11) is 1.64. The number of hydrogen-bond acceptors (Lipinski definition) is 3. The van der Waals surface area contributed by atoms with Crippen LogP contribution in [0.5, 0.6) is 5.75 Å². The normalized spacial score (nSPS) is 16.4. The summed E-state index contributed by atoms with van der Waals surface area (Å²) in [6, 6.07) is 32.9. The van der Waals surface area contributed by atoms with Crippen molar-refractivity contribution in [2.24, 2.45) is 5.41 Å². The number of aromatic amines is 1. The monoisotopic (exact) mass is 527 g/mol. The molecule has 5 aromatic rings. The topological polar surface area (TPSA) is 69.1 Å². The predicted octanol–water partition coefficient (Wildman–Crippen LogP) is 7.40. The van der Waals surface area contributed by atoms with Gasteiger partial charge in [-0.2, -0.15) is 5.26 Å². The molecule has 40 heavy (non-hydrogen) atoms. The third-order valence-electron chi connectivity index (χ3n) is 8.68. The first-order valence-electron chi connectivity index (χ1n) is 13.9. The van der Waals surface area contributed by atoms with Crippen LogP contribution in [0.4, 0.5) is 0 Å². The number of methoxy groups -OCH3 is 1. The third kappa shape index (κ3) is 4.30. The van der Waals surface area contributed by atoms with Gasteiger partial charge in [0, 0.05) is 41.7 Å². The molecule has 1 fully saturated rings. The van der Waals surface area contributed by atoms with Gasteiger partial charge in [-0.25, -0.2) is 0 Å². The average molecular weight is 528 g/mol. The molecule has 1 unspecified atom stereocenters. The van der Waals surface area contributed by atoms with E-state index in [4.69, 9.17) is 4.74 Å². The van der Waals surface area contributed by atoms with E-state index >= 15 is 0 Å². The molecule has 2 heterocycles. The molecule has 1 amide bonds. The van der Waals surface area contributed by atoms with E-state index in [2.05, 4.69) is 53.6 Å². The maximum absolute atomic E-state index is 14.4. The molecule has 4 aromatic carbocycles. The first-order chi connectivity index (χ1) is 19.5. The number of fused-ring (bicyclic) bond motifs is 2. The number of piperidine rings is 1. The number of aromatic nitrogens is 1. The second-order valence-corrected chi connectivity index (χ2v) is 10.9. The SMILES string of the molecule is COc1ccccc1[C@H](c1cccc2ccccc12)C(C)(C#N)C(=O)N1CCC(c2c[nH]c3ccccc23)CC1. The van der Waals surface area contributed by atoms with Crippen molar-refractivity contribution in [2.75, 3.05) is 20.2 Å². The van der Waals surface area contributed by atoms with E-state index in [0.717, 1.165) is 40.3 Å². The number of nitrogens with one attached hydrogen (secondary N) is 1. The number of rotatable bonds is 6. The maximum Gasteiger partial charge on any atom is 0.243 e. The van der Waals surface area contributed by atoms with E-state index in [-0.39, 0.29) is 5.91 Å². The third-order valence-corrected chi connectivity index (χ3v) is 8.68. The molecule has 1 aliphatic rings. The molecule has 1 aliphatic heterocycles. The van der Waals surface area contributed by atoms with Crippen LogP contribution in [0.3, 0.4) is 0 Å². The lowest BCUT2D eigenvalue weighted by Crippen LogP contribution is -2.48. The molecule has 6 rings (SSSR count). The molecule has 1 N–H and O–H groups in total. The van der Waals surface area contributed by atoms with Crippen molar-refractivity contribution in [2.45, 2.75) is 31.6 Å². The Labute approximate surface area is 235 Å². The summed E-state index contributed by atoms with van der Waals surface area (Å²) >= 11 is 0. The number of amides is 1. The Kier molecular flexibility index (Phi) is 6.77. The van der Waals surface area contributed by atoms with Crippen molar-refractivity contribution >= 4 is 27.6 Å². The number of para-hydroxylation sites is 2. The number of nitriles is 1. The Morgan fingerprint density at radius 1 is 0.925 bits per heavy atom. The van der Waals surface area contributed by atoms with Crippen LogP contribution in [-0.2, 0) is 4.79 Å². The minimum absolute atomic E-state index is 0.129. The number of nitrogens with zero attached hydrogens (tertiary/aromatic N) is 2. The lowest BCUT2D eigenvalue weighted by Gasteiger charge is -2.39. The highest BCUT2D eigenvalue weighted by atomic mass is 16.5. The summed E-state index contributed by atoms with van der Waals surface area (Å²) in [5.74, 6) is 0.402. The van der Waals surface area contributed by atoms with Gasteiger partial charge >= 0.3 is 0 Å². The second-order valence-electron chi connectivity index (χ2n) is 10.9. The molecule has 5 nitrogen and oxygen atoms in total. The van der Waals surface area contributed by atoms with Crippen LogP contribution in [0.25, 0.3) is 21.7 Å². The highest BCUT2D eigenvalue weighted by molar-refractivity contribution is 5.92. The van der Waals surface area contributed by atoms with Gasteiger partial charge in [0.15, 0.2) is 0 Å². The van der Waals surface area contributed by atoms with Crippen LogP contribution in [0.1, 0.15) is 48.3 Å². The predicted molar refractivity (Wildman–Crippen MR) is 159 cm³/mol. The first-order valence-corrected chi connectivity index (χ1v) is 13.9. The standard InChI is InChI=1S/C35H33N3O2/c1-35(23-36,34(39)38-20-18-25(19-21-38)30-22-37-31-16-7-5-13-27(30)31)33(29-14-6-8-17-32(29)40-2)28-15-9-11-24-10-3-4-12-26(24)28/h3-17,22,25,33,37H,18-21H2,1-2H3/t33-,35?/m0/s1. The minimum atomic E-state index is -1.34. The Morgan fingerprint density at radius 3 is 2.35 bits per heavy atom. The molecule has 200 valence electrons. The van der Waals surface area contributed by atoms with Crippen LogP contribution < -0.4 is 4.74 Å². The molecule has 0 bridgehead atoms. The van der Waals surface area contributed by atoms with Crippen molar-refractivity contribution in [1.29, 1.82) is 5.26 Å². The Balaban J connectivity index is 1.37. The maximum atomic E-state index is 14.4. The zero-order valence-corrected chi connectivity index (χ0v) is 22.9. The smallest absolute Gasteiger partial charge is 0.243 e. The molecule has 0 radical (unpaired) electrons. The lowest BCUT2D eigenvalue weighted by molar-refractivity contribution is -0.140. The fourth-order valence-electron chi connectivity index (χ4n) is 6.59. The fourth-order valence-corrected chi connectivity index (χ4v) is 6.59. The van der Waals surface area contributed by atoms with Gasteiger partial charge in [0.05, 0.1) is 13.2 Å². The highest BCUT2D eigenvalue weighted by Crippen LogP contribution is 2.48. The summed E-state index contributed by atoms with van der Waals surface area (Å²) in [6.07, 6.45) is 3.84. The van der Waals surface area contributed by atoms with E-state index < -0.39 is 11.3 Å².